The van der Waals surface area contributed by atoms with Crippen LogP contribution < -0.4 is 4.90 Å². The molecule has 0 bridgehead atoms. The van der Waals surface area contributed by atoms with E-state index >= 15 is 0 Å². The number of benzene rings is 1. The van der Waals surface area contributed by atoms with Crippen LogP contribution in [0, 0.1) is 11.7 Å². The predicted molar refractivity (Wildman–Crippen MR) is 111 cm³/mol. The molecule has 0 N–H and O–H groups in total. The third-order valence-electron chi connectivity index (χ3n) is 5.39. The van der Waals surface area contributed by atoms with E-state index < -0.39 is 35.6 Å². The Kier molecular flexibility index (Phi) is 6.32. The monoisotopic (exact) mass is 453 g/mol. The summed E-state index contributed by atoms with van der Waals surface area (Å²) in [6.45, 7) is 5.72. The molecule has 0 unspecified atom stereocenters. The summed E-state index contributed by atoms with van der Waals surface area (Å²) in [6.07, 6.45) is 1.21. The lowest BCUT2D eigenvalue weighted by atomic mass is 9.93. The molecule has 1 aromatic heterocycles. The van der Waals surface area contributed by atoms with Crippen LogP contribution in [0.1, 0.15) is 44.9 Å². The molecule has 0 spiro atoms. The second-order valence-corrected chi connectivity index (χ2v) is 8.50. The topological polar surface area (TPSA) is 53.5 Å². The quantitative estimate of drug-likeness (QED) is 0.644. The van der Waals surface area contributed by atoms with Gasteiger partial charge in [0.25, 0.3) is 11.8 Å². The van der Waals surface area contributed by atoms with Crippen LogP contribution in [0.2, 0.25) is 5.02 Å². The van der Waals surface area contributed by atoms with Gasteiger partial charge in [-0.3, -0.25) is 14.5 Å². The lowest BCUT2D eigenvalue weighted by Crippen LogP contribution is -2.62. The molecule has 0 radical (unpaired) electrons. The SMILES string of the molecule is CC(C)[C@H]1C(=O)N(c2ncc(Cl)cc2F)CC(=O)N1[C@@H](C)c1ccc(C(C)(F)F)cc1. The van der Waals surface area contributed by atoms with E-state index in [-0.39, 0.29) is 28.9 Å². The first-order valence-corrected chi connectivity index (χ1v) is 10.2. The highest BCUT2D eigenvalue weighted by Gasteiger charge is 2.45. The number of rotatable bonds is 5. The molecule has 1 aromatic carbocycles. The molecular weight excluding hydrogens is 431 g/mol. The van der Waals surface area contributed by atoms with Crippen molar-refractivity contribution in [3.05, 3.63) is 58.5 Å². The average Bonchev–Trinajstić information content (AvgIpc) is 2.68. The summed E-state index contributed by atoms with van der Waals surface area (Å²) in [5.74, 6) is -5.17. The normalized spacial score (nSPS) is 18.7. The van der Waals surface area contributed by atoms with Gasteiger partial charge in [0, 0.05) is 18.7 Å². The van der Waals surface area contributed by atoms with E-state index in [4.69, 9.17) is 11.6 Å². The van der Waals surface area contributed by atoms with Gasteiger partial charge >= 0.3 is 0 Å². The van der Waals surface area contributed by atoms with E-state index in [9.17, 15) is 22.8 Å². The fourth-order valence-electron chi connectivity index (χ4n) is 3.79. The first-order valence-electron chi connectivity index (χ1n) is 9.83. The maximum absolute atomic E-state index is 14.4. The smallest absolute Gasteiger partial charge is 0.270 e. The number of piperazine rings is 1. The molecule has 31 heavy (non-hydrogen) atoms. The lowest BCUT2D eigenvalue weighted by Gasteiger charge is -2.44. The number of nitrogens with zero attached hydrogens (tertiary/aromatic N) is 3. The molecule has 2 heterocycles. The van der Waals surface area contributed by atoms with Gasteiger partial charge in [-0.15, -0.1) is 0 Å². The molecule has 9 heteroatoms. The van der Waals surface area contributed by atoms with Crippen molar-refractivity contribution in [1.29, 1.82) is 0 Å². The molecular formula is C22H23ClF3N3O2. The number of hydrogen-bond donors (Lipinski definition) is 0. The second-order valence-electron chi connectivity index (χ2n) is 8.06. The Morgan fingerprint density at radius 3 is 2.29 bits per heavy atom. The van der Waals surface area contributed by atoms with Crippen molar-refractivity contribution in [2.75, 3.05) is 11.4 Å². The van der Waals surface area contributed by atoms with Gasteiger partial charge in [0.15, 0.2) is 11.6 Å². The highest BCUT2D eigenvalue weighted by molar-refractivity contribution is 6.30. The third kappa shape index (κ3) is 4.54. The molecule has 0 aliphatic carbocycles. The zero-order valence-corrected chi connectivity index (χ0v) is 18.3. The number of anilines is 1. The van der Waals surface area contributed by atoms with Crippen molar-refractivity contribution < 1.29 is 22.8 Å². The fraction of sp³-hybridized carbons (Fsp3) is 0.409. The number of hydrogen-bond acceptors (Lipinski definition) is 3. The summed E-state index contributed by atoms with van der Waals surface area (Å²) < 4.78 is 41.4. The third-order valence-corrected chi connectivity index (χ3v) is 5.60. The van der Waals surface area contributed by atoms with E-state index in [1.165, 1.54) is 35.4 Å². The molecule has 166 valence electrons. The van der Waals surface area contributed by atoms with Gasteiger partial charge in [0.1, 0.15) is 12.6 Å². The fourth-order valence-corrected chi connectivity index (χ4v) is 3.94. The molecule has 3 rings (SSSR count). The molecule has 2 aromatic rings. The van der Waals surface area contributed by atoms with Gasteiger partial charge < -0.3 is 4.90 Å². The minimum Gasteiger partial charge on any atom is -0.322 e. The molecule has 2 amide bonds. The average molecular weight is 454 g/mol. The van der Waals surface area contributed by atoms with Crippen LogP contribution in [0.5, 0.6) is 0 Å². The Bertz CT molecular complexity index is 992. The summed E-state index contributed by atoms with van der Waals surface area (Å²) in [5, 5.41) is 0.0776. The predicted octanol–water partition coefficient (Wildman–Crippen LogP) is 4.95. The van der Waals surface area contributed by atoms with E-state index in [2.05, 4.69) is 4.98 Å². The second kappa shape index (κ2) is 8.49. The molecule has 1 saturated heterocycles. The number of halogens is 4. The molecule has 1 aliphatic rings. The minimum atomic E-state index is -2.98. The van der Waals surface area contributed by atoms with E-state index in [0.717, 1.165) is 17.9 Å². The van der Waals surface area contributed by atoms with Crippen molar-refractivity contribution in [2.45, 2.75) is 45.7 Å². The number of aromatic nitrogens is 1. The highest BCUT2D eigenvalue weighted by Crippen LogP contribution is 2.34. The molecule has 1 fully saturated rings. The van der Waals surface area contributed by atoms with Gasteiger partial charge in [0.05, 0.1) is 11.1 Å². The highest BCUT2D eigenvalue weighted by atomic mass is 35.5. The standard InChI is InChI=1S/C22H23ClF3N3O2/c1-12(2)19-21(31)28(20-17(24)9-16(23)10-27-20)11-18(30)29(19)13(3)14-5-7-15(8-6-14)22(4,25)26/h5-10,12-13,19H,11H2,1-4H3/t13-,19-/m0/s1. The molecule has 2 atom stereocenters. The van der Waals surface area contributed by atoms with Crippen molar-refractivity contribution in [3.63, 3.8) is 0 Å². The maximum atomic E-state index is 14.4. The summed E-state index contributed by atoms with van der Waals surface area (Å²) in [7, 11) is 0. The Hall–Kier alpha value is -2.61. The van der Waals surface area contributed by atoms with Gasteiger partial charge in [-0.05, 0) is 24.5 Å². The van der Waals surface area contributed by atoms with Crippen LogP contribution >= 0.6 is 11.6 Å². The van der Waals surface area contributed by atoms with Crippen LogP contribution in [0.25, 0.3) is 0 Å². The number of carbonyl (C=O) groups excluding carboxylic acids is 2. The summed E-state index contributed by atoms with van der Waals surface area (Å²) in [4.78, 5) is 32.7. The zero-order valence-electron chi connectivity index (χ0n) is 17.6. The van der Waals surface area contributed by atoms with Gasteiger partial charge in [-0.25, -0.2) is 18.2 Å². The summed E-state index contributed by atoms with van der Waals surface area (Å²) in [6, 6.07) is 5.29. The van der Waals surface area contributed by atoms with Crippen LogP contribution in [0.4, 0.5) is 19.0 Å². The summed E-state index contributed by atoms with van der Waals surface area (Å²) in [5.41, 5.74) is 0.476. The first kappa shape index (κ1) is 23.1. The zero-order chi connectivity index (χ0) is 23.1. The van der Waals surface area contributed by atoms with E-state index in [1.54, 1.807) is 20.8 Å². The maximum Gasteiger partial charge on any atom is 0.270 e. The van der Waals surface area contributed by atoms with Crippen LogP contribution in [0.15, 0.2) is 36.5 Å². The van der Waals surface area contributed by atoms with Crippen LogP contribution in [-0.4, -0.2) is 34.3 Å². The molecule has 1 aliphatic heterocycles. The Morgan fingerprint density at radius 1 is 1.16 bits per heavy atom. The summed E-state index contributed by atoms with van der Waals surface area (Å²) >= 11 is 5.74. The van der Waals surface area contributed by atoms with Gasteiger partial charge in [-0.1, -0.05) is 49.7 Å². The van der Waals surface area contributed by atoms with E-state index in [0.29, 0.717) is 5.56 Å². The number of amides is 2. The Labute approximate surface area is 183 Å². The number of carbonyl (C=O) groups is 2. The van der Waals surface area contributed by atoms with Crippen molar-refractivity contribution in [3.8, 4) is 0 Å². The number of alkyl halides is 2. The van der Waals surface area contributed by atoms with Crippen LogP contribution in [0.3, 0.4) is 0 Å². The van der Waals surface area contributed by atoms with Gasteiger partial charge in [-0.2, -0.15) is 0 Å². The largest absolute Gasteiger partial charge is 0.322 e. The Morgan fingerprint density at radius 2 is 1.77 bits per heavy atom. The minimum absolute atomic E-state index is 0.0776. The Balaban J connectivity index is 1.94. The number of pyridine rings is 1. The molecule has 0 saturated carbocycles. The van der Waals surface area contributed by atoms with E-state index in [1.807, 2.05) is 0 Å². The molecule has 5 nitrogen and oxygen atoms in total. The van der Waals surface area contributed by atoms with Crippen molar-refractivity contribution in [1.82, 2.24) is 9.88 Å². The lowest BCUT2D eigenvalue weighted by molar-refractivity contribution is -0.147. The van der Waals surface area contributed by atoms with Crippen molar-refractivity contribution >= 4 is 29.2 Å². The van der Waals surface area contributed by atoms with Crippen molar-refractivity contribution in [2.24, 2.45) is 5.92 Å². The first-order chi connectivity index (χ1) is 14.4. The van der Waals surface area contributed by atoms with Crippen LogP contribution in [-0.2, 0) is 15.5 Å². The van der Waals surface area contributed by atoms with Gasteiger partial charge in [0.2, 0.25) is 5.91 Å².